The zero-order chi connectivity index (χ0) is 20.1. The van der Waals surface area contributed by atoms with E-state index in [1.807, 2.05) is 63.2 Å². The molecule has 0 saturated heterocycles. The molecule has 0 aliphatic heterocycles. The van der Waals surface area contributed by atoms with Crippen LogP contribution in [0.5, 0.6) is 0 Å². The van der Waals surface area contributed by atoms with Crippen molar-refractivity contribution in [1.29, 1.82) is 0 Å². The van der Waals surface area contributed by atoms with Crippen molar-refractivity contribution < 1.29 is 4.79 Å². The number of aromatic nitrogens is 3. The normalized spacial score (nSPS) is 10.7. The summed E-state index contributed by atoms with van der Waals surface area (Å²) in [6, 6.07) is 13.7. The number of aromatic amines is 1. The number of thioether (sulfide) groups is 1. The minimum absolute atomic E-state index is 0.134. The monoisotopic (exact) mass is 394 g/mol. The Kier molecular flexibility index (Phi) is 6.26. The standard InChI is InChI=1S/C21H22N4O2S/c1-13-7-9-16(10-8-13)11-18-20(27)23-21(25-24-18)28-12-19(26)22-17-6-4-5-14(2)15(17)3/h4-10H,11-12H2,1-3H3,(H,22,26)(H,23,25,27). The van der Waals surface area contributed by atoms with Gasteiger partial charge in [-0.1, -0.05) is 53.7 Å². The van der Waals surface area contributed by atoms with Gasteiger partial charge in [0.15, 0.2) is 5.16 Å². The van der Waals surface area contributed by atoms with Crippen molar-refractivity contribution in [3.05, 3.63) is 80.8 Å². The van der Waals surface area contributed by atoms with Crippen molar-refractivity contribution in [3.63, 3.8) is 0 Å². The van der Waals surface area contributed by atoms with Gasteiger partial charge in [-0.3, -0.25) is 14.6 Å². The van der Waals surface area contributed by atoms with E-state index < -0.39 is 0 Å². The summed E-state index contributed by atoms with van der Waals surface area (Å²) in [6.07, 6.45) is 0.417. The Morgan fingerprint density at radius 3 is 2.54 bits per heavy atom. The number of anilines is 1. The van der Waals surface area contributed by atoms with E-state index in [1.165, 1.54) is 0 Å². The van der Waals surface area contributed by atoms with Crippen LogP contribution in [0.1, 0.15) is 27.9 Å². The average molecular weight is 395 g/mol. The van der Waals surface area contributed by atoms with E-state index in [-0.39, 0.29) is 17.2 Å². The van der Waals surface area contributed by atoms with E-state index in [9.17, 15) is 9.59 Å². The zero-order valence-corrected chi connectivity index (χ0v) is 16.9. The topological polar surface area (TPSA) is 87.7 Å². The van der Waals surface area contributed by atoms with E-state index in [2.05, 4.69) is 20.5 Å². The Hall–Kier alpha value is -2.93. The SMILES string of the molecule is Cc1ccc(Cc2nnc(SCC(=O)Nc3cccc(C)c3C)[nH]c2=O)cc1. The Morgan fingerprint density at radius 1 is 1.07 bits per heavy atom. The molecule has 1 amide bonds. The number of hydrogen-bond donors (Lipinski definition) is 2. The number of hydrogen-bond acceptors (Lipinski definition) is 5. The molecular formula is C21H22N4O2S. The number of carbonyl (C=O) groups is 1. The molecule has 0 saturated carbocycles. The number of carbonyl (C=O) groups excluding carboxylic acids is 1. The van der Waals surface area contributed by atoms with Crippen molar-refractivity contribution in [2.75, 3.05) is 11.1 Å². The zero-order valence-electron chi connectivity index (χ0n) is 16.1. The second kappa shape index (κ2) is 8.84. The van der Waals surface area contributed by atoms with E-state index in [4.69, 9.17) is 0 Å². The van der Waals surface area contributed by atoms with Crippen molar-refractivity contribution >= 4 is 23.4 Å². The van der Waals surface area contributed by atoms with Gasteiger partial charge in [-0.15, -0.1) is 10.2 Å². The molecule has 0 atom stereocenters. The summed E-state index contributed by atoms with van der Waals surface area (Å²) in [7, 11) is 0. The van der Waals surface area contributed by atoms with Gasteiger partial charge in [-0.05, 0) is 43.5 Å². The maximum absolute atomic E-state index is 12.3. The first kappa shape index (κ1) is 19.8. The highest BCUT2D eigenvalue weighted by Gasteiger charge is 2.10. The molecule has 0 spiro atoms. The Labute approximate surface area is 167 Å². The van der Waals surface area contributed by atoms with Gasteiger partial charge in [-0.2, -0.15) is 0 Å². The molecule has 0 fully saturated rings. The molecule has 144 valence electrons. The second-order valence-electron chi connectivity index (χ2n) is 6.65. The molecule has 3 rings (SSSR count). The molecule has 0 bridgehead atoms. The summed E-state index contributed by atoms with van der Waals surface area (Å²) >= 11 is 1.15. The smallest absolute Gasteiger partial charge is 0.273 e. The molecule has 6 nitrogen and oxygen atoms in total. The first-order chi connectivity index (χ1) is 13.4. The first-order valence-electron chi connectivity index (χ1n) is 8.92. The van der Waals surface area contributed by atoms with Gasteiger partial charge in [0, 0.05) is 12.1 Å². The van der Waals surface area contributed by atoms with Crippen molar-refractivity contribution in [2.45, 2.75) is 32.3 Å². The fourth-order valence-electron chi connectivity index (χ4n) is 2.63. The number of rotatable bonds is 6. The van der Waals surface area contributed by atoms with Crippen LogP contribution in [0.3, 0.4) is 0 Å². The van der Waals surface area contributed by atoms with E-state index in [0.717, 1.165) is 39.7 Å². The lowest BCUT2D eigenvalue weighted by atomic mass is 10.1. The van der Waals surface area contributed by atoms with Gasteiger partial charge in [0.2, 0.25) is 5.91 Å². The van der Waals surface area contributed by atoms with Crippen LogP contribution >= 0.6 is 11.8 Å². The molecule has 3 aromatic rings. The molecule has 2 aromatic carbocycles. The molecule has 2 N–H and O–H groups in total. The van der Waals surface area contributed by atoms with Crippen LogP contribution in [-0.2, 0) is 11.2 Å². The maximum atomic E-state index is 12.3. The highest BCUT2D eigenvalue weighted by Crippen LogP contribution is 2.19. The summed E-state index contributed by atoms with van der Waals surface area (Å²) < 4.78 is 0. The van der Waals surface area contributed by atoms with Gasteiger partial charge in [0.05, 0.1) is 5.75 Å². The minimum atomic E-state index is -0.284. The molecule has 0 aliphatic rings. The molecule has 0 radical (unpaired) electrons. The van der Waals surface area contributed by atoms with Crippen LogP contribution in [0.25, 0.3) is 0 Å². The van der Waals surface area contributed by atoms with Crippen molar-refractivity contribution in [2.24, 2.45) is 0 Å². The molecule has 0 unspecified atom stereocenters. The summed E-state index contributed by atoms with van der Waals surface area (Å²) in [6.45, 7) is 5.98. The predicted molar refractivity (Wildman–Crippen MR) is 112 cm³/mol. The Balaban J connectivity index is 1.59. The molecular weight excluding hydrogens is 372 g/mol. The summed E-state index contributed by atoms with van der Waals surface area (Å²) in [5, 5.41) is 11.3. The molecule has 1 aromatic heterocycles. The third-order valence-electron chi connectivity index (χ3n) is 4.45. The summed E-state index contributed by atoms with van der Waals surface area (Å²) in [5.74, 6) is -0.0277. The number of amides is 1. The highest BCUT2D eigenvalue weighted by atomic mass is 32.2. The molecule has 7 heteroatoms. The predicted octanol–water partition coefficient (Wildman–Crippen LogP) is 3.41. The lowest BCUT2D eigenvalue weighted by molar-refractivity contribution is -0.113. The highest BCUT2D eigenvalue weighted by molar-refractivity contribution is 7.99. The van der Waals surface area contributed by atoms with Crippen LogP contribution in [0, 0.1) is 20.8 Å². The quantitative estimate of drug-likeness (QED) is 0.626. The number of nitrogens with one attached hydrogen (secondary N) is 2. The first-order valence-corrected chi connectivity index (χ1v) is 9.91. The third kappa shape index (κ3) is 5.07. The van der Waals surface area contributed by atoms with Gasteiger partial charge >= 0.3 is 0 Å². The number of benzene rings is 2. The van der Waals surface area contributed by atoms with E-state index in [0.29, 0.717) is 17.3 Å². The Bertz CT molecular complexity index is 1050. The van der Waals surface area contributed by atoms with Gasteiger partial charge in [-0.25, -0.2) is 0 Å². The van der Waals surface area contributed by atoms with E-state index in [1.54, 1.807) is 0 Å². The molecule has 0 aliphatic carbocycles. The fraction of sp³-hybridized carbons (Fsp3) is 0.238. The lowest BCUT2D eigenvalue weighted by Crippen LogP contribution is -2.19. The van der Waals surface area contributed by atoms with Crippen molar-refractivity contribution in [3.8, 4) is 0 Å². The van der Waals surface area contributed by atoms with Crippen molar-refractivity contribution in [1.82, 2.24) is 15.2 Å². The van der Waals surface area contributed by atoms with E-state index >= 15 is 0 Å². The fourth-order valence-corrected chi connectivity index (χ4v) is 3.24. The van der Waals surface area contributed by atoms with Crippen LogP contribution in [0.15, 0.2) is 52.4 Å². The second-order valence-corrected chi connectivity index (χ2v) is 7.62. The van der Waals surface area contributed by atoms with Gasteiger partial charge in [0.25, 0.3) is 5.56 Å². The van der Waals surface area contributed by atoms with Crippen LogP contribution in [0.2, 0.25) is 0 Å². The maximum Gasteiger partial charge on any atom is 0.273 e. The minimum Gasteiger partial charge on any atom is -0.325 e. The average Bonchev–Trinajstić information content (AvgIpc) is 2.67. The van der Waals surface area contributed by atoms with Gasteiger partial charge in [0.1, 0.15) is 5.69 Å². The molecule has 1 heterocycles. The van der Waals surface area contributed by atoms with Crippen LogP contribution in [-0.4, -0.2) is 26.8 Å². The lowest BCUT2D eigenvalue weighted by Gasteiger charge is -2.10. The number of H-pyrrole nitrogens is 1. The number of nitrogens with zero attached hydrogens (tertiary/aromatic N) is 2. The Morgan fingerprint density at radius 2 is 1.82 bits per heavy atom. The third-order valence-corrected chi connectivity index (χ3v) is 5.32. The van der Waals surface area contributed by atoms with Crippen LogP contribution < -0.4 is 10.9 Å². The van der Waals surface area contributed by atoms with Gasteiger partial charge < -0.3 is 5.32 Å². The number of aryl methyl sites for hydroxylation is 2. The molecule has 28 heavy (non-hydrogen) atoms. The van der Waals surface area contributed by atoms with Crippen LogP contribution in [0.4, 0.5) is 5.69 Å². The largest absolute Gasteiger partial charge is 0.325 e. The summed E-state index contributed by atoms with van der Waals surface area (Å²) in [4.78, 5) is 27.2. The summed E-state index contributed by atoms with van der Waals surface area (Å²) in [5.41, 5.74) is 5.17.